The highest BCUT2D eigenvalue weighted by molar-refractivity contribution is 8.00. The van der Waals surface area contributed by atoms with Gasteiger partial charge >= 0.3 is 0 Å². The van der Waals surface area contributed by atoms with Crippen LogP contribution < -0.4 is 4.74 Å². The number of piperazine rings is 1. The molecule has 2 heterocycles. The minimum Gasteiger partial charge on any atom is -0.497 e. The third kappa shape index (κ3) is 4.16. The largest absolute Gasteiger partial charge is 0.497 e. The summed E-state index contributed by atoms with van der Waals surface area (Å²) in [5.74, 6) is 0.904. The Bertz CT molecular complexity index is 727. The van der Waals surface area contributed by atoms with Crippen molar-refractivity contribution in [3.63, 3.8) is 0 Å². The Kier molecular flexibility index (Phi) is 6.10. The first-order valence-electron chi connectivity index (χ1n) is 8.73. The van der Waals surface area contributed by atoms with Gasteiger partial charge in [-0.2, -0.15) is 4.68 Å². The number of ether oxygens (including phenoxy) is 1. The van der Waals surface area contributed by atoms with Gasteiger partial charge in [-0.3, -0.25) is 4.79 Å². The first-order chi connectivity index (χ1) is 12.6. The topological polar surface area (TPSA) is 76.4 Å². The highest BCUT2D eigenvalue weighted by atomic mass is 32.2. The maximum absolute atomic E-state index is 12.7. The van der Waals surface area contributed by atoms with Crippen LogP contribution in [0.2, 0.25) is 0 Å². The maximum atomic E-state index is 12.7. The second kappa shape index (κ2) is 8.50. The molecule has 0 radical (unpaired) electrons. The van der Waals surface area contributed by atoms with Crippen LogP contribution in [0.4, 0.5) is 0 Å². The van der Waals surface area contributed by atoms with E-state index in [9.17, 15) is 4.79 Å². The molecular weight excluding hydrogens is 352 g/mol. The number of hydrogen-bond donors (Lipinski definition) is 0. The highest BCUT2D eigenvalue weighted by Crippen LogP contribution is 2.25. The summed E-state index contributed by atoms with van der Waals surface area (Å²) in [6.07, 6.45) is 0. The standard InChI is InChI=1S/C17H24N6O2S/c1-4-21-9-11-22(12-10-21)16(24)13(2)26-17-18-19-20-23(17)14-5-7-15(25-3)8-6-14/h5-8,13H,4,9-12H2,1-3H3/t13-/m1/s1. The molecule has 0 bridgehead atoms. The summed E-state index contributed by atoms with van der Waals surface area (Å²) < 4.78 is 6.82. The Morgan fingerprint density at radius 3 is 2.54 bits per heavy atom. The number of hydrogen-bond acceptors (Lipinski definition) is 7. The number of methoxy groups -OCH3 is 1. The first-order valence-corrected chi connectivity index (χ1v) is 9.61. The van der Waals surface area contributed by atoms with Crippen molar-refractivity contribution < 1.29 is 9.53 Å². The normalized spacial score (nSPS) is 16.5. The van der Waals surface area contributed by atoms with Crippen molar-refractivity contribution in [3.05, 3.63) is 24.3 Å². The van der Waals surface area contributed by atoms with E-state index in [2.05, 4.69) is 27.3 Å². The van der Waals surface area contributed by atoms with Crippen LogP contribution >= 0.6 is 11.8 Å². The molecule has 26 heavy (non-hydrogen) atoms. The lowest BCUT2D eigenvalue weighted by molar-refractivity contribution is -0.132. The van der Waals surface area contributed by atoms with Crippen LogP contribution in [0.15, 0.2) is 29.4 Å². The van der Waals surface area contributed by atoms with Crippen molar-refractivity contribution in [2.75, 3.05) is 39.8 Å². The summed E-state index contributed by atoms with van der Waals surface area (Å²) in [7, 11) is 1.63. The SMILES string of the molecule is CCN1CCN(C(=O)[C@@H](C)Sc2nnnn2-c2ccc(OC)cc2)CC1. The van der Waals surface area contributed by atoms with Crippen molar-refractivity contribution in [2.45, 2.75) is 24.3 Å². The van der Waals surface area contributed by atoms with Gasteiger partial charge in [-0.05, 0) is 48.2 Å². The lowest BCUT2D eigenvalue weighted by atomic mass is 10.3. The summed E-state index contributed by atoms with van der Waals surface area (Å²) in [5, 5.41) is 12.3. The predicted molar refractivity (Wildman–Crippen MR) is 99.7 cm³/mol. The van der Waals surface area contributed by atoms with E-state index in [1.54, 1.807) is 11.8 Å². The van der Waals surface area contributed by atoms with Crippen LogP contribution in [0.1, 0.15) is 13.8 Å². The molecule has 140 valence electrons. The number of benzene rings is 1. The fraction of sp³-hybridized carbons (Fsp3) is 0.529. The van der Waals surface area contributed by atoms with Crippen LogP contribution in [0.5, 0.6) is 5.75 Å². The number of nitrogens with zero attached hydrogens (tertiary/aromatic N) is 6. The van der Waals surface area contributed by atoms with Gasteiger partial charge in [0.25, 0.3) is 0 Å². The molecule has 1 aliphatic rings. The van der Waals surface area contributed by atoms with Gasteiger partial charge in [0, 0.05) is 26.2 Å². The van der Waals surface area contributed by atoms with E-state index in [1.165, 1.54) is 11.8 Å². The lowest BCUT2D eigenvalue weighted by Gasteiger charge is -2.35. The number of thioether (sulfide) groups is 1. The molecule has 0 spiro atoms. The molecule has 1 atom stereocenters. The Morgan fingerprint density at radius 1 is 1.23 bits per heavy atom. The van der Waals surface area contributed by atoms with Gasteiger partial charge in [0.1, 0.15) is 5.75 Å². The molecule has 3 rings (SSSR count). The lowest BCUT2D eigenvalue weighted by Crippen LogP contribution is -2.50. The molecule has 0 saturated carbocycles. The van der Waals surface area contributed by atoms with Gasteiger partial charge < -0.3 is 14.5 Å². The van der Waals surface area contributed by atoms with E-state index in [-0.39, 0.29) is 11.2 Å². The zero-order valence-electron chi connectivity index (χ0n) is 15.3. The second-order valence-electron chi connectivity index (χ2n) is 6.09. The number of tetrazole rings is 1. The number of carbonyl (C=O) groups excluding carboxylic acids is 1. The quantitative estimate of drug-likeness (QED) is 0.704. The summed E-state index contributed by atoms with van der Waals surface area (Å²) in [6, 6.07) is 7.48. The number of likely N-dealkylation sites (N-methyl/N-ethyl adjacent to an activating group) is 1. The molecule has 1 saturated heterocycles. The maximum Gasteiger partial charge on any atom is 0.235 e. The average molecular weight is 376 g/mol. The third-order valence-electron chi connectivity index (χ3n) is 4.52. The Labute approximate surface area is 157 Å². The molecule has 9 heteroatoms. The number of aromatic nitrogens is 4. The minimum atomic E-state index is -0.244. The fourth-order valence-electron chi connectivity index (χ4n) is 2.89. The third-order valence-corrected chi connectivity index (χ3v) is 5.54. The van der Waals surface area contributed by atoms with Gasteiger partial charge in [-0.1, -0.05) is 18.7 Å². The van der Waals surface area contributed by atoms with Crippen molar-refractivity contribution in [1.82, 2.24) is 30.0 Å². The van der Waals surface area contributed by atoms with E-state index in [0.717, 1.165) is 44.2 Å². The van der Waals surface area contributed by atoms with E-state index < -0.39 is 0 Å². The zero-order chi connectivity index (χ0) is 18.5. The van der Waals surface area contributed by atoms with E-state index >= 15 is 0 Å². The Hall–Kier alpha value is -2.13. The molecule has 0 aliphatic carbocycles. The van der Waals surface area contributed by atoms with Gasteiger partial charge in [-0.15, -0.1) is 5.10 Å². The highest BCUT2D eigenvalue weighted by Gasteiger charge is 2.26. The van der Waals surface area contributed by atoms with E-state index in [4.69, 9.17) is 4.74 Å². The van der Waals surface area contributed by atoms with E-state index in [0.29, 0.717) is 5.16 Å². The van der Waals surface area contributed by atoms with Crippen LogP contribution in [-0.2, 0) is 4.79 Å². The molecule has 0 N–H and O–H groups in total. The molecule has 1 amide bonds. The summed E-state index contributed by atoms with van der Waals surface area (Å²) in [5.41, 5.74) is 0.828. The van der Waals surface area contributed by atoms with E-state index in [1.807, 2.05) is 36.1 Å². The van der Waals surface area contributed by atoms with Gasteiger partial charge in [-0.25, -0.2) is 0 Å². The number of carbonyl (C=O) groups is 1. The van der Waals surface area contributed by atoms with Crippen LogP contribution in [-0.4, -0.2) is 81.0 Å². The fourth-order valence-corrected chi connectivity index (χ4v) is 3.78. The van der Waals surface area contributed by atoms with Gasteiger partial charge in [0.15, 0.2) is 0 Å². The van der Waals surface area contributed by atoms with Crippen LogP contribution in [0, 0.1) is 0 Å². The molecule has 1 aromatic heterocycles. The Morgan fingerprint density at radius 2 is 1.92 bits per heavy atom. The molecule has 1 aromatic carbocycles. The molecule has 2 aromatic rings. The average Bonchev–Trinajstić information content (AvgIpc) is 3.15. The van der Waals surface area contributed by atoms with Gasteiger partial charge in [0.05, 0.1) is 18.0 Å². The molecular formula is C17H24N6O2S. The summed E-state index contributed by atoms with van der Waals surface area (Å²) in [6.45, 7) is 8.51. The minimum absolute atomic E-state index is 0.134. The van der Waals surface area contributed by atoms with Crippen LogP contribution in [0.25, 0.3) is 5.69 Å². The number of amides is 1. The summed E-state index contributed by atoms with van der Waals surface area (Å²) >= 11 is 1.38. The molecule has 0 unspecified atom stereocenters. The molecule has 1 fully saturated rings. The zero-order valence-corrected chi connectivity index (χ0v) is 16.1. The van der Waals surface area contributed by atoms with Crippen molar-refractivity contribution in [2.24, 2.45) is 0 Å². The first kappa shape index (κ1) is 18.7. The van der Waals surface area contributed by atoms with Crippen LogP contribution in [0.3, 0.4) is 0 Å². The predicted octanol–water partition coefficient (Wildman–Crippen LogP) is 1.32. The smallest absolute Gasteiger partial charge is 0.235 e. The molecule has 8 nitrogen and oxygen atoms in total. The van der Waals surface area contributed by atoms with Crippen molar-refractivity contribution >= 4 is 17.7 Å². The van der Waals surface area contributed by atoms with Crippen molar-refractivity contribution in [1.29, 1.82) is 0 Å². The second-order valence-corrected chi connectivity index (χ2v) is 7.40. The number of rotatable bonds is 6. The van der Waals surface area contributed by atoms with Crippen molar-refractivity contribution in [3.8, 4) is 11.4 Å². The monoisotopic (exact) mass is 376 g/mol. The molecule has 1 aliphatic heterocycles. The Balaban J connectivity index is 1.65. The van der Waals surface area contributed by atoms with Gasteiger partial charge in [0.2, 0.25) is 11.1 Å². The summed E-state index contributed by atoms with van der Waals surface area (Å²) in [4.78, 5) is 17.0.